The molecule has 6 N–H and O–H groups in total. The molecule has 1 fully saturated rings. The lowest BCUT2D eigenvalue weighted by Gasteiger charge is -2.42. The number of phenols is 1. The summed E-state index contributed by atoms with van der Waals surface area (Å²) in [5.41, 5.74) is 3.67. The predicted molar refractivity (Wildman–Crippen MR) is 126 cm³/mol. The highest BCUT2D eigenvalue weighted by Gasteiger charge is 2.48. The molecule has 6 unspecified atom stereocenters. The second-order valence-electron chi connectivity index (χ2n) is 10.2. The summed E-state index contributed by atoms with van der Waals surface area (Å²) in [6.45, 7) is 4.63. The van der Waals surface area contributed by atoms with E-state index in [1.165, 1.54) is 6.92 Å². The fourth-order valence-corrected chi connectivity index (χ4v) is 5.74. The normalized spacial score (nSPS) is 31.4. The van der Waals surface area contributed by atoms with Gasteiger partial charge in [-0.05, 0) is 31.9 Å². The van der Waals surface area contributed by atoms with Crippen LogP contribution in [-0.4, -0.2) is 62.8 Å². The number of carbonyl (C=O) groups is 3. The van der Waals surface area contributed by atoms with Gasteiger partial charge in [-0.1, -0.05) is 24.3 Å². The van der Waals surface area contributed by atoms with Gasteiger partial charge in [-0.2, -0.15) is 0 Å². The third-order valence-corrected chi connectivity index (χ3v) is 7.88. The number of aliphatic hydroxyl groups is 2. The lowest BCUT2D eigenvalue weighted by atomic mass is 9.70. The van der Waals surface area contributed by atoms with Crippen LogP contribution in [0, 0.1) is 6.92 Å². The lowest BCUT2D eigenvalue weighted by molar-refractivity contribution is -0.466. The Hall–Kier alpha value is -2.95. The van der Waals surface area contributed by atoms with Crippen LogP contribution in [0.2, 0.25) is 0 Å². The minimum Gasteiger partial charge on any atom is -0.507 e. The number of hydrogen-bond acceptors (Lipinski definition) is 8. The number of hydrogen-bond donors (Lipinski definition) is 4. The van der Waals surface area contributed by atoms with Crippen molar-refractivity contribution < 1.29 is 44.9 Å². The molecule has 0 saturated carbocycles. The van der Waals surface area contributed by atoms with Crippen LogP contribution >= 0.6 is 0 Å². The Morgan fingerprint density at radius 3 is 2.36 bits per heavy atom. The summed E-state index contributed by atoms with van der Waals surface area (Å²) in [7, 11) is 0. The molecule has 0 bridgehead atoms. The van der Waals surface area contributed by atoms with E-state index in [1.54, 1.807) is 38.1 Å². The van der Waals surface area contributed by atoms with Gasteiger partial charge in [0.1, 0.15) is 23.5 Å². The SMILES string of the molecule is CC(=O)C1(O)Cc2c(C)c3c(c(O)c2C(OC2CC([NH3+])C(O)C(C)O2)C1)C(=O)c1ccccc1C3=O. The van der Waals surface area contributed by atoms with Crippen LogP contribution in [0.25, 0.3) is 0 Å². The number of ketones is 3. The summed E-state index contributed by atoms with van der Waals surface area (Å²) in [6.07, 6.45) is -3.21. The monoisotopic (exact) mass is 496 g/mol. The highest BCUT2D eigenvalue weighted by Crippen LogP contribution is 2.49. The van der Waals surface area contributed by atoms with E-state index in [-0.39, 0.29) is 58.9 Å². The van der Waals surface area contributed by atoms with Gasteiger partial charge in [-0.3, -0.25) is 14.4 Å². The quantitative estimate of drug-likeness (QED) is 0.417. The van der Waals surface area contributed by atoms with E-state index in [0.717, 1.165) is 0 Å². The highest BCUT2D eigenvalue weighted by molar-refractivity contribution is 6.30. The van der Waals surface area contributed by atoms with Crippen molar-refractivity contribution in [2.24, 2.45) is 0 Å². The number of carbonyl (C=O) groups excluding carboxylic acids is 3. The second-order valence-corrected chi connectivity index (χ2v) is 10.2. The van der Waals surface area contributed by atoms with E-state index in [9.17, 15) is 29.7 Å². The Labute approximate surface area is 207 Å². The van der Waals surface area contributed by atoms with Gasteiger partial charge in [0, 0.05) is 35.1 Å². The molecule has 0 spiro atoms. The standard InChI is InChI=1S/C27H29NO8/c1-11-16-9-27(34,13(3)29)10-18(36-19-8-17(28)23(30)12(2)35-19)21(16)26(33)22-20(11)24(31)14-6-4-5-7-15(14)25(22)32/h4-7,12,17-19,23,30,33-34H,8-10,28H2,1-3H3/p+1. The minimum atomic E-state index is -1.80. The average molecular weight is 497 g/mol. The largest absolute Gasteiger partial charge is 0.507 e. The average Bonchev–Trinajstić information content (AvgIpc) is 2.82. The first-order valence-corrected chi connectivity index (χ1v) is 12.1. The molecular formula is C27H30NO8+. The molecule has 2 aromatic rings. The maximum absolute atomic E-state index is 13.4. The molecule has 3 aliphatic rings. The molecule has 190 valence electrons. The Bertz CT molecular complexity index is 1290. The van der Waals surface area contributed by atoms with Gasteiger partial charge in [0.2, 0.25) is 0 Å². The van der Waals surface area contributed by atoms with Crippen LogP contribution in [0.4, 0.5) is 0 Å². The maximum atomic E-state index is 13.4. The molecule has 36 heavy (non-hydrogen) atoms. The number of fused-ring (bicyclic) bond motifs is 3. The fraction of sp³-hybridized carbons (Fsp3) is 0.444. The van der Waals surface area contributed by atoms with Crippen molar-refractivity contribution >= 4 is 17.3 Å². The number of ether oxygens (including phenoxy) is 2. The fourth-order valence-electron chi connectivity index (χ4n) is 5.74. The third-order valence-electron chi connectivity index (χ3n) is 7.88. The molecule has 0 radical (unpaired) electrons. The molecule has 6 atom stereocenters. The van der Waals surface area contributed by atoms with Crippen molar-refractivity contribution in [3.63, 3.8) is 0 Å². The molecule has 0 aromatic heterocycles. The van der Waals surface area contributed by atoms with Crippen LogP contribution in [0.15, 0.2) is 24.3 Å². The molecule has 9 heteroatoms. The smallest absolute Gasteiger partial charge is 0.198 e. The van der Waals surface area contributed by atoms with Gasteiger partial charge in [-0.15, -0.1) is 0 Å². The van der Waals surface area contributed by atoms with Crippen LogP contribution in [-0.2, 0) is 20.7 Å². The van der Waals surface area contributed by atoms with E-state index in [2.05, 4.69) is 5.73 Å². The van der Waals surface area contributed by atoms with Gasteiger partial charge < -0.3 is 30.5 Å². The topological polar surface area (TPSA) is 158 Å². The molecular weight excluding hydrogens is 466 g/mol. The van der Waals surface area contributed by atoms with Crippen LogP contribution in [0.3, 0.4) is 0 Å². The molecule has 9 nitrogen and oxygen atoms in total. The van der Waals surface area contributed by atoms with E-state index in [0.29, 0.717) is 11.1 Å². The molecule has 1 heterocycles. The summed E-state index contributed by atoms with van der Waals surface area (Å²) < 4.78 is 12.0. The van der Waals surface area contributed by atoms with Gasteiger partial charge in [0.05, 0.1) is 24.2 Å². The Balaban J connectivity index is 1.66. The molecule has 5 rings (SSSR count). The van der Waals surface area contributed by atoms with Crippen molar-refractivity contribution in [2.75, 3.05) is 0 Å². The Kier molecular flexibility index (Phi) is 5.89. The third kappa shape index (κ3) is 3.62. The van der Waals surface area contributed by atoms with Crippen molar-refractivity contribution in [1.29, 1.82) is 0 Å². The number of aromatic hydroxyl groups is 1. The van der Waals surface area contributed by atoms with Crippen LogP contribution in [0.5, 0.6) is 5.75 Å². The number of rotatable bonds is 3. The van der Waals surface area contributed by atoms with Gasteiger partial charge in [0.25, 0.3) is 0 Å². The lowest BCUT2D eigenvalue weighted by Crippen LogP contribution is -2.71. The van der Waals surface area contributed by atoms with E-state index in [4.69, 9.17) is 9.47 Å². The predicted octanol–water partition coefficient (Wildman–Crippen LogP) is 0.906. The van der Waals surface area contributed by atoms with Crippen molar-refractivity contribution in [3.05, 3.63) is 63.2 Å². The summed E-state index contributed by atoms with van der Waals surface area (Å²) in [5, 5.41) is 32.9. The van der Waals surface area contributed by atoms with Crippen molar-refractivity contribution in [2.45, 2.75) is 76.3 Å². The number of Topliss-reactive ketones (excluding diaryl/α,β-unsaturated/α-hetero) is 1. The summed E-state index contributed by atoms with van der Waals surface area (Å²) in [5.74, 6) is -1.74. The zero-order valence-electron chi connectivity index (χ0n) is 20.4. The maximum Gasteiger partial charge on any atom is 0.198 e. The summed E-state index contributed by atoms with van der Waals surface area (Å²) in [4.78, 5) is 39.4. The highest BCUT2D eigenvalue weighted by atomic mass is 16.7. The zero-order chi connectivity index (χ0) is 26.1. The molecule has 2 aromatic carbocycles. The number of phenolic OH excluding ortho intramolecular Hbond substituents is 1. The first-order valence-electron chi connectivity index (χ1n) is 12.1. The Morgan fingerprint density at radius 2 is 1.78 bits per heavy atom. The molecule has 1 aliphatic heterocycles. The molecule has 0 amide bonds. The van der Waals surface area contributed by atoms with Gasteiger partial charge in [-0.25, -0.2) is 0 Å². The first kappa shape index (κ1) is 24.7. The second kappa shape index (κ2) is 8.57. The number of quaternary nitrogens is 1. The van der Waals surface area contributed by atoms with E-state index in [1.807, 2.05) is 0 Å². The van der Waals surface area contributed by atoms with Gasteiger partial charge >= 0.3 is 0 Å². The molecule has 2 aliphatic carbocycles. The van der Waals surface area contributed by atoms with Gasteiger partial charge in [0.15, 0.2) is 23.6 Å². The van der Waals surface area contributed by atoms with Crippen LogP contribution < -0.4 is 5.73 Å². The summed E-state index contributed by atoms with van der Waals surface area (Å²) in [6, 6.07) is 6.06. The summed E-state index contributed by atoms with van der Waals surface area (Å²) >= 11 is 0. The zero-order valence-corrected chi connectivity index (χ0v) is 20.4. The number of benzene rings is 2. The Morgan fingerprint density at radius 1 is 1.17 bits per heavy atom. The van der Waals surface area contributed by atoms with Crippen molar-refractivity contribution in [1.82, 2.24) is 0 Å². The van der Waals surface area contributed by atoms with Crippen molar-refractivity contribution in [3.8, 4) is 5.75 Å². The van der Waals surface area contributed by atoms with E-state index < -0.39 is 47.6 Å². The molecule has 1 saturated heterocycles. The minimum absolute atomic E-state index is 0.0741. The first-order chi connectivity index (χ1) is 16.9. The van der Waals surface area contributed by atoms with E-state index >= 15 is 0 Å². The number of aliphatic hydroxyl groups excluding tert-OH is 1. The van der Waals surface area contributed by atoms with Crippen LogP contribution in [0.1, 0.15) is 81.3 Å².